The molecule has 0 unspecified atom stereocenters. The van der Waals surface area contributed by atoms with E-state index in [-0.39, 0.29) is 0 Å². The van der Waals surface area contributed by atoms with Gasteiger partial charge in [0.2, 0.25) is 0 Å². The molecule has 1 fully saturated rings. The normalized spacial score (nSPS) is 18.3. The Hall–Kier alpha value is -2.14. The molecule has 0 N–H and O–H groups in total. The molecule has 0 amide bonds. The lowest BCUT2D eigenvalue weighted by Gasteiger charge is -2.33. The third-order valence-electron chi connectivity index (χ3n) is 4.80. The number of hydrogen-bond donors (Lipinski definition) is 0. The van der Waals surface area contributed by atoms with Gasteiger partial charge in [0.1, 0.15) is 17.5 Å². The highest BCUT2D eigenvalue weighted by Gasteiger charge is 2.23. The number of fused-ring (bicyclic) bond motifs is 1. The van der Waals surface area contributed by atoms with Gasteiger partial charge in [-0.1, -0.05) is 18.2 Å². The summed E-state index contributed by atoms with van der Waals surface area (Å²) in [5, 5.41) is 0. The minimum atomic E-state index is 0.848. The van der Waals surface area contributed by atoms with Gasteiger partial charge in [-0.05, 0) is 32.0 Å². The summed E-state index contributed by atoms with van der Waals surface area (Å²) < 4.78 is 0. The summed E-state index contributed by atoms with van der Waals surface area (Å²) in [7, 11) is 2.18. The fraction of sp³-hybridized carbons (Fsp3) is 0.444. The van der Waals surface area contributed by atoms with Crippen LogP contribution < -0.4 is 9.80 Å². The van der Waals surface area contributed by atoms with E-state index in [1.54, 1.807) is 0 Å². The monoisotopic (exact) mass is 309 g/mol. The topological polar surface area (TPSA) is 35.5 Å². The molecular weight excluding hydrogens is 286 g/mol. The molecule has 0 saturated carbocycles. The number of nitrogens with zero attached hydrogens (tertiary/aromatic N) is 5. The number of anilines is 3. The van der Waals surface area contributed by atoms with Crippen LogP contribution in [0.1, 0.15) is 11.4 Å². The average Bonchev–Trinajstić information content (AvgIpc) is 2.99. The van der Waals surface area contributed by atoms with Crippen LogP contribution in [0.25, 0.3) is 0 Å². The number of hydrogen-bond acceptors (Lipinski definition) is 5. The summed E-state index contributed by atoms with van der Waals surface area (Å²) in [6.45, 7) is 7.23. The van der Waals surface area contributed by atoms with E-state index < -0.39 is 0 Å². The second-order valence-electron chi connectivity index (χ2n) is 6.45. The SMILES string of the molecule is Cc1nc(N2CCN(C)CC2)cc(N2CCc3ccccc32)n1. The highest BCUT2D eigenvalue weighted by Crippen LogP contribution is 2.34. The van der Waals surface area contributed by atoms with E-state index in [0.717, 1.165) is 56.6 Å². The van der Waals surface area contributed by atoms with Crippen molar-refractivity contribution in [2.24, 2.45) is 0 Å². The van der Waals surface area contributed by atoms with Crippen molar-refractivity contribution in [2.75, 3.05) is 49.6 Å². The van der Waals surface area contributed by atoms with E-state index in [0.29, 0.717) is 0 Å². The predicted molar refractivity (Wildman–Crippen MR) is 93.6 cm³/mol. The molecule has 2 aliphatic heterocycles. The van der Waals surface area contributed by atoms with Gasteiger partial charge in [0.15, 0.2) is 0 Å². The van der Waals surface area contributed by atoms with Crippen LogP contribution in [0.4, 0.5) is 17.3 Å². The van der Waals surface area contributed by atoms with Gasteiger partial charge >= 0.3 is 0 Å². The minimum Gasteiger partial charge on any atom is -0.354 e. The molecule has 1 saturated heterocycles. The van der Waals surface area contributed by atoms with Crippen LogP contribution in [0.5, 0.6) is 0 Å². The third-order valence-corrected chi connectivity index (χ3v) is 4.80. The zero-order valence-corrected chi connectivity index (χ0v) is 13.9. The van der Waals surface area contributed by atoms with Crippen LogP contribution in [0.3, 0.4) is 0 Å². The smallest absolute Gasteiger partial charge is 0.138 e. The first-order valence-corrected chi connectivity index (χ1v) is 8.35. The Morgan fingerprint density at radius 1 is 0.913 bits per heavy atom. The van der Waals surface area contributed by atoms with E-state index in [1.165, 1.54) is 11.3 Å². The molecule has 5 heteroatoms. The predicted octanol–water partition coefficient (Wildman–Crippen LogP) is 2.23. The van der Waals surface area contributed by atoms with Crippen molar-refractivity contribution in [3.8, 4) is 0 Å². The molecule has 5 nitrogen and oxygen atoms in total. The van der Waals surface area contributed by atoms with Gasteiger partial charge < -0.3 is 14.7 Å². The first-order valence-electron chi connectivity index (χ1n) is 8.35. The molecule has 0 bridgehead atoms. The van der Waals surface area contributed by atoms with Crippen molar-refractivity contribution < 1.29 is 0 Å². The first-order chi connectivity index (χ1) is 11.2. The lowest BCUT2D eigenvalue weighted by molar-refractivity contribution is 0.312. The summed E-state index contributed by atoms with van der Waals surface area (Å²) in [5.41, 5.74) is 2.69. The maximum atomic E-state index is 4.70. The van der Waals surface area contributed by atoms with Gasteiger partial charge in [-0.3, -0.25) is 0 Å². The molecule has 0 spiro atoms. The van der Waals surface area contributed by atoms with Crippen molar-refractivity contribution in [2.45, 2.75) is 13.3 Å². The summed E-state index contributed by atoms with van der Waals surface area (Å²) in [5.74, 6) is 2.93. The Balaban J connectivity index is 1.65. The van der Waals surface area contributed by atoms with Gasteiger partial charge in [-0.25, -0.2) is 9.97 Å². The molecule has 1 aromatic carbocycles. The molecule has 0 atom stereocenters. The fourth-order valence-electron chi connectivity index (χ4n) is 3.45. The van der Waals surface area contributed by atoms with Gasteiger partial charge in [-0.15, -0.1) is 0 Å². The summed E-state index contributed by atoms with van der Waals surface area (Å²) in [6.07, 6.45) is 1.09. The Labute approximate surface area is 137 Å². The minimum absolute atomic E-state index is 0.848. The van der Waals surface area contributed by atoms with E-state index in [2.05, 4.69) is 57.1 Å². The molecule has 2 aliphatic rings. The molecule has 23 heavy (non-hydrogen) atoms. The van der Waals surface area contributed by atoms with Gasteiger partial charge in [0, 0.05) is 44.5 Å². The number of piperazine rings is 1. The average molecular weight is 309 g/mol. The van der Waals surface area contributed by atoms with Crippen LogP contribution in [0.2, 0.25) is 0 Å². The van der Waals surface area contributed by atoms with Crippen molar-refractivity contribution in [3.63, 3.8) is 0 Å². The quantitative estimate of drug-likeness (QED) is 0.850. The molecule has 4 rings (SSSR count). The number of benzene rings is 1. The molecular formula is C18H23N5. The third kappa shape index (κ3) is 2.77. The molecule has 3 heterocycles. The van der Waals surface area contributed by atoms with Crippen molar-refractivity contribution >= 4 is 17.3 Å². The Kier molecular flexibility index (Phi) is 3.65. The Bertz CT molecular complexity index is 706. The largest absolute Gasteiger partial charge is 0.354 e. The van der Waals surface area contributed by atoms with E-state index in [9.17, 15) is 0 Å². The number of likely N-dealkylation sites (N-methyl/N-ethyl adjacent to an activating group) is 1. The van der Waals surface area contributed by atoms with Gasteiger partial charge in [0.05, 0.1) is 0 Å². The van der Waals surface area contributed by atoms with Crippen molar-refractivity contribution in [3.05, 3.63) is 41.7 Å². The standard InChI is InChI=1S/C18H23N5/c1-14-19-17(22-11-9-21(2)10-12-22)13-18(20-14)23-8-7-15-5-3-4-6-16(15)23/h3-6,13H,7-12H2,1-2H3. The highest BCUT2D eigenvalue weighted by molar-refractivity contribution is 5.69. The summed E-state index contributed by atoms with van der Waals surface area (Å²) >= 11 is 0. The van der Waals surface area contributed by atoms with Gasteiger partial charge in [-0.2, -0.15) is 0 Å². The number of rotatable bonds is 2. The van der Waals surface area contributed by atoms with Crippen LogP contribution >= 0.6 is 0 Å². The summed E-state index contributed by atoms with van der Waals surface area (Å²) in [4.78, 5) is 16.4. The van der Waals surface area contributed by atoms with Crippen molar-refractivity contribution in [1.29, 1.82) is 0 Å². The molecule has 120 valence electrons. The maximum Gasteiger partial charge on any atom is 0.138 e. The Morgan fingerprint density at radius 3 is 2.48 bits per heavy atom. The van der Waals surface area contributed by atoms with E-state index in [4.69, 9.17) is 4.98 Å². The number of para-hydroxylation sites is 1. The number of aromatic nitrogens is 2. The van der Waals surface area contributed by atoms with Crippen LogP contribution in [0, 0.1) is 6.92 Å². The zero-order valence-electron chi connectivity index (χ0n) is 13.9. The molecule has 0 aliphatic carbocycles. The van der Waals surface area contributed by atoms with E-state index in [1.807, 2.05) is 6.92 Å². The van der Waals surface area contributed by atoms with Crippen LogP contribution in [-0.4, -0.2) is 54.6 Å². The lowest BCUT2D eigenvalue weighted by atomic mass is 10.2. The van der Waals surface area contributed by atoms with E-state index >= 15 is 0 Å². The maximum absolute atomic E-state index is 4.70. The molecule has 1 aromatic heterocycles. The second kappa shape index (κ2) is 5.81. The van der Waals surface area contributed by atoms with Crippen LogP contribution in [0.15, 0.2) is 30.3 Å². The summed E-state index contributed by atoms with van der Waals surface area (Å²) in [6, 6.07) is 10.8. The zero-order chi connectivity index (χ0) is 15.8. The molecule has 0 radical (unpaired) electrons. The first kappa shape index (κ1) is 14.5. The fourth-order valence-corrected chi connectivity index (χ4v) is 3.45. The molecule has 2 aromatic rings. The van der Waals surface area contributed by atoms with Gasteiger partial charge in [0.25, 0.3) is 0 Å². The van der Waals surface area contributed by atoms with Crippen molar-refractivity contribution in [1.82, 2.24) is 14.9 Å². The Morgan fingerprint density at radius 2 is 1.65 bits per heavy atom. The number of aryl methyl sites for hydroxylation is 1. The highest BCUT2D eigenvalue weighted by atomic mass is 15.3. The van der Waals surface area contributed by atoms with Crippen LogP contribution in [-0.2, 0) is 6.42 Å². The lowest BCUT2D eigenvalue weighted by Crippen LogP contribution is -2.45. The second-order valence-corrected chi connectivity index (χ2v) is 6.45.